The second kappa shape index (κ2) is 14.9. The molecule has 0 atom stereocenters. The summed E-state index contributed by atoms with van der Waals surface area (Å²) >= 11 is 11.0. The first-order valence-electron chi connectivity index (χ1n) is 8.20. The van der Waals surface area contributed by atoms with Gasteiger partial charge in [-0.15, -0.1) is 0 Å². The molecule has 0 bridgehead atoms. The van der Waals surface area contributed by atoms with E-state index < -0.39 is 3.93 Å². The van der Waals surface area contributed by atoms with Crippen LogP contribution in [-0.4, -0.2) is 17.1 Å². The van der Waals surface area contributed by atoms with Crippen LogP contribution < -0.4 is 0 Å². The third-order valence-electron chi connectivity index (χ3n) is 3.35. The van der Waals surface area contributed by atoms with E-state index in [1.807, 2.05) is 6.92 Å². The number of hydrogen-bond acceptors (Lipinski definition) is 1. The molecule has 0 fully saturated rings. The fourth-order valence-electron chi connectivity index (χ4n) is 2.19. The van der Waals surface area contributed by atoms with Crippen molar-refractivity contribution in [3.63, 3.8) is 0 Å². The second-order valence-electron chi connectivity index (χ2n) is 5.91. The van der Waals surface area contributed by atoms with E-state index in [1.54, 1.807) is 0 Å². The third-order valence-corrected chi connectivity index (χ3v) is 7.84. The summed E-state index contributed by atoms with van der Waals surface area (Å²) in [5, 5.41) is 0. The number of rotatable bonds is 15. The Labute approximate surface area is 156 Å². The predicted molar refractivity (Wildman–Crippen MR) is 109 cm³/mol. The molecule has 0 unspecified atom stereocenters. The van der Waals surface area contributed by atoms with Gasteiger partial charge in [0.1, 0.15) is 0 Å². The van der Waals surface area contributed by atoms with E-state index in [9.17, 15) is 0 Å². The molecule has 1 nitrogen and oxygen atoms in total. The molecule has 0 heterocycles. The van der Waals surface area contributed by atoms with Crippen molar-refractivity contribution in [2.75, 3.05) is 13.2 Å². The van der Waals surface area contributed by atoms with E-state index in [-0.39, 0.29) is 0 Å². The number of ether oxygens (including phenoxy) is 1. The van der Waals surface area contributed by atoms with Gasteiger partial charge < -0.3 is 4.74 Å². The van der Waals surface area contributed by atoms with Gasteiger partial charge in [0.25, 0.3) is 3.93 Å². The fourth-order valence-corrected chi connectivity index (χ4v) is 5.36. The molecule has 5 heteroatoms. The molecule has 21 heavy (non-hydrogen) atoms. The molecule has 0 amide bonds. The largest absolute Gasteiger partial charge is 0.377 e. The van der Waals surface area contributed by atoms with Crippen molar-refractivity contribution in [2.24, 2.45) is 0 Å². The molecule has 0 saturated heterocycles. The van der Waals surface area contributed by atoms with Crippen molar-refractivity contribution in [2.45, 2.75) is 77.2 Å². The van der Waals surface area contributed by atoms with Gasteiger partial charge in [0.15, 0.2) is 0 Å². The molecule has 0 aromatic carbocycles. The summed E-state index contributed by atoms with van der Waals surface area (Å²) < 4.78 is 4.15. The van der Waals surface area contributed by atoms with Gasteiger partial charge >= 0.3 is 0 Å². The van der Waals surface area contributed by atoms with E-state index in [0.29, 0.717) is 0 Å². The van der Waals surface area contributed by atoms with Gasteiger partial charge in [-0.05, 0) is 19.4 Å². The molecule has 0 N–H and O–H groups in total. The Kier molecular flexibility index (Phi) is 15.9. The summed E-state index contributed by atoms with van der Waals surface area (Å²) in [6, 6.07) is 1.26. The Morgan fingerprint density at radius 1 is 0.810 bits per heavy atom. The van der Waals surface area contributed by atoms with Gasteiger partial charge in [0.2, 0.25) is 0 Å². The minimum atomic E-state index is -1.34. The molecule has 0 aliphatic rings. The highest BCUT2D eigenvalue weighted by molar-refractivity contribution is 9.72. The van der Waals surface area contributed by atoms with Crippen molar-refractivity contribution in [3.8, 4) is 0 Å². The molecule has 0 aliphatic heterocycles. The van der Waals surface area contributed by atoms with Crippen LogP contribution in [0.3, 0.4) is 0 Å². The summed E-state index contributed by atoms with van der Waals surface area (Å²) in [7, 11) is 0. The highest BCUT2D eigenvalue weighted by Crippen LogP contribution is 2.33. The average molecular weight is 507 g/mol. The normalized spacial score (nSPS) is 11.8. The van der Waals surface area contributed by atoms with Crippen LogP contribution >= 0.6 is 45.9 Å². The Morgan fingerprint density at radius 3 is 1.67 bits per heavy atom. The third kappa shape index (κ3) is 21.4. The zero-order valence-corrected chi connectivity index (χ0v) is 19.2. The van der Waals surface area contributed by atoms with Crippen LogP contribution in [0.25, 0.3) is 0 Å². The van der Waals surface area contributed by atoms with E-state index >= 15 is 0 Å². The summed E-state index contributed by atoms with van der Waals surface area (Å²) in [4.78, 5) is 0. The standard InChI is InChI=1S/C16H31Br3OSi/c1-16(2)15-20-13-11-9-7-5-3-4-6-8-10-12-14-21(17,18)19/h1,3-15H2,2H3. The summed E-state index contributed by atoms with van der Waals surface area (Å²) in [5.74, 6) is 0. The first-order valence-corrected chi connectivity index (χ1v) is 17.2. The summed E-state index contributed by atoms with van der Waals surface area (Å²) in [6.45, 7) is 7.46. The number of unbranched alkanes of at least 4 members (excludes halogenated alkanes) is 9. The molecule has 0 aromatic rings. The maximum atomic E-state index is 5.49. The van der Waals surface area contributed by atoms with Crippen LogP contribution in [-0.2, 0) is 4.74 Å². The van der Waals surface area contributed by atoms with E-state index in [4.69, 9.17) is 4.74 Å². The van der Waals surface area contributed by atoms with Gasteiger partial charge in [-0.25, -0.2) is 0 Å². The van der Waals surface area contributed by atoms with Crippen molar-refractivity contribution in [3.05, 3.63) is 12.2 Å². The molecular formula is C16H31Br3OSi. The van der Waals surface area contributed by atoms with Gasteiger partial charge in [-0.2, -0.15) is 0 Å². The lowest BCUT2D eigenvalue weighted by Crippen LogP contribution is -2.04. The molecule has 0 rings (SSSR count). The zero-order chi connectivity index (χ0) is 16.0. The summed E-state index contributed by atoms with van der Waals surface area (Å²) in [5.41, 5.74) is 1.12. The minimum absolute atomic E-state index is 0.725. The SMILES string of the molecule is C=C(C)COCCCCCCCCCCCC[Si](Br)(Br)Br. The van der Waals surface area contributed by atoms with Crippen molar-refractivity contribution in [1.29, 1.82) is 0 Å². The van der Waals surface area contributed by atoms with Crippen molar-refractivity contribution < 1.29 is 4.74 Å². The molecule has 0 aliphatic carbocycles. The number of hydrogen-bond donors (Lipinski definition) is 0. The monoisotopic (exact) mass is 504 g/mol. The minimum Gasteiger partial charge on any atom is -0.377 e. The van der Waals surface area contributed by atoms with Crippen LogP contribution in [0.2, 0.25) is 6.04 Å². The first kappa shape index (κ1) is 22.4. The number of halogens is 3. The maximum absolute atomic E-state index is 5.49. The molecule has 0 saturated carbocycles. The van der Waals surface area contributed by atoms with Crippen LogP contribution in [0.15, 0.2) is 12.2 Å². The maximum Gasteiger partial charge on any atom is 0.267 e. The molecule has 0 radical (unpaired) electrons. The van der Waals surface area contributed by atoms with E-state index in [2.05, 4.69) is 52.5 Å². The fraction of sp³-hybridized carbons (Fsp3) is 0.875. The molecule has 0 aromatic heterocycles. The highest BCUT2D eigenvalue weighted by atomic mass is 80.0. The smallest absolute Gasteiger partial charge is 0.267 e. The second-order valence-corrected chi connectivity index (χ2v) is 29.4. The van der Waals surface area contributed by atoms with Gasteiger partial charge in [0.05, 0.1) is 6.61 Å². The quantitative estimate of drug-likeness (QED) is 0.0960. The van der Waals surface area contributed by atoms with Crippen LogP contribution in [0.1, 0.15) is 71.1 Å². The predicted octanol–water partition coefficient (Wildman–Crippen LogP) is 7.60. The zero-order valence-electron chi connectivity index (χ0n) is 13.4. The van der Waals surface area contributed by atoms with E-state index in [0.717, 1.165) is 18.8 Å². The van der Waals surface area contributed by atoms with Crippen LogP contribution in [0.4, 0.5) is 0 Å². The lowest BCUT2D eigenvalue weighted by molar-refractivity contribution is 0.151. The van der Waals surface area contributed by atoms with Crippen LogP contribution in [0.5, 0.6) is 0 Å². The summed E-state index contributed by atoms with van der Waals surface area (Å²) in [6.07, 6.45) is 13.6. The molecule has 126 valence electrons. The lowest BCUT2D eigenvalue weighted by atomic mass is 10.1. The van der Waals surface area contributed by atoms with Crippen molar-refractivity contribution in [1.82, 2.24) is 0 Å². The Bertz CT molecular complexity index is 254. The van der Waals surface area contributed by atoms with Gasteiger partial charge in [0, 0.05) is 6.61 Å². The van der Waals surface area contributed by atoms with Gasteiger partial charge in [-0.1, -0.05) is 116 Å². The average Bonchev–Trinajstić information content (AvgIpc) is 2.37. The Morgan fingerprint density at radius 2 is 1.24 bits per heavy atom. The molecule has 0 spiro atoms. The van der Waals surface area contributed by atoms with E-state index in [1.165, 1.54) is 70.3 Å². The molecular weight excluding hydrogens is 476 g/mol. The van der Waals surface area contributed by atoms with Crippen molar-refractivity contribution >= 4 is 49.8 Å². The Balaban J connectivity index is 3.04. The van der Waals surface area contributed by atoms with Gasteiger partial charge in [-0.3, -0.25) is 0 Å². The Hall–Kier alpha value is 1.36. The highest BCUT2D eigenvalue weighted by Gasteiger charge is 2.20. The topological polar surface area (TPSA) is 9.23 Å². The first-order chi connectivity index (χ1) is 9.92. The lowest BCUT2D eigenvalue weighted by Gasteiger charge is -2.08. The van der Waals surface area contributed by atoms with Crippen LogP contribution in [0, 0.1) is 0 Å².